The Bertz CT molecular complexity index is 591. The van der Waals surface area contributed by atoms with Crippen LogP contribution in [-0.2, 0) is 6.54 Å². The SMILES string of the molecule is CCNc1ncc(Br)c(N(C)Cc2ccccc2Cl)n1. The Hall–Kier alpha value is -1.33. The Morgan fingerprint density at radius 2 is 2.10 bits per heavy atom. The van der Waals surface area contributed by atoms with Gasteiger partial charge in [-0.3, -0.25) is 0 Å². The van der Waals surface area contributed by atoms with Crippen molar-refractivity contribution in [3.63, 3.8) is 0 Å². The molecule has 6 heteroatoms. The number of anilines is 2. The molecule has 0 aliphatic heterocycles. The zero-order valence-electron chi connectivity index (χ0n) is 11.4. The number of nitrogens with zero attached hydrogens (tertiary/aromatic N) is 3. The molecular weight excluding hydrogens is 340 g/mol. The fourth-order valence-electron chi connectivity index (χ4n) is 1.83. The van der Waals surface area contributed by atoms with E-state index in [1.165, 1.54) is 0 Å². The van der Waals surface area contributed by atoms with Crippen molar-refractivity contribution in [2.24, 2.45) is 0 Å². The predicted molar refractivity (Wildman–Crippen MR) is 87.5 cm³/mol. The standard InChI is InChI=1S/C14H16BrClN4/c1-3-17-14-18-8-11(15)13(19-14)20(2)9-10-6-4-5-7-12(10)16/h4-8H,3,9H2,1-2H3,(H,17,18,19). The summed E-state index contributed by atoms with van der Waals surface area (Å²) in [7, 11) is 1.98. The number of halogens is 2. The molecule has 0 atom stereocenters. The Balaban J connectivity index is 2.22. The molecule has 0 amide bonds. The van der Waals surface area contributed by atoms with Gasteiger partial charge in [-0.1, -0.05) is 29.8 Å². The van der Waals surface area contributed by atoms with E-state index in [1.807, 2.05) is 43.1 Å². The predicted octanol–water partition coefficient (Wildman–Crippen LogP) is 3.96. The van der Waals surface area contributed by atoms with Gasteiger partial charge in [0.15, 0.2) is 0 Å². The molecule has 0 aliphatic rings. The molecule has 1 heterocycles. The average molecular weight is 356 g/mol. The van der Waals surface area contributed by atoms with E-state index in [0.29, 0.717) is 12.5 Å². The van der Waals surface area contributed by atoms with Gasteiger partial charge >= 0.3 is 0 Å². The van der Waals surface area contributed by atoms with Crippen LogP contribution in [0.25, 0.3) is 0 Å². The minimum atomic E-state index is 0.622. The smallest absolute Gasteiger partial charge is 0.224 e. The highest BCUT2D eigenvalue weighted by Gasteiger charge is 2.11. The number of hydrogen-bond acceptors (Lipinski definition) is 4. The second-order valence-electron chi connectivity index (χ2n) is 4.34. The molecular formula is C14H16BrClN4. The Kier molecular flexibility index (Phi) is 5.20. The lowest BCUT2D eigenvalue weighted by atomic mass is 10.2. The highest BCUT2D eigenvalue weighted by Crippen LogP contribution is 2.26. The molecule has 20 heavy (non-hydrogen) atoms. The van der Waals surface area contributed by atoms with E-state index >= 15 is 0 Å². The number of hydrogen-bond donors (Lipinski definition) is 1. The largest absolute Gasteiger partial charge is 0.354 e. The van der Waals surface area contributed by atoms with Crippen LogP contribution in [0.15, 0.2) is 34.9 Å². The normalized spacial score (nSPS) is 10.4. The minimum Gasteiger partial charge on any atom is -0.354 e. The molecule has 0 aliphatic carbocycles. The highest BCUT2D eigenvalue weighted by molar-refractivity contribution is 9.10. The first-order valence-electron chi connectivity index (χ1n) is 6.32. The summed E-state index contributed by atoms with van der Waals surface area (Å²) >= 11 is 9.68. The molecule has 1 aromatic heterocycles. The van der Waals surface area contributed by atoms with E-state index in [4.69, 9.17) is 11.6 Å². The number of nitrogens with one attached hydrogen (secondary N) is 1. The first-order chi connectivity index (χ1) is 9.61. The van der Waals surface area contributed by atoms with Crippen molar-refractivity contribution in [1.29, 1.82) is 0 Å². The van der Waals surface area contributed by atoms with Gasteiger partial charge in [0.25, 0.3) is 0 Å². The lowest BCUT2D eigenvalue weighted by Gasteiger charge is -2.20. The van der Waals surface area contributed by atoms with Crippen molar-refractivity contribution >= 4 is 39.3 Å². The van der Waals surface area contributed by atoms with Crippen LogP contribution >= 0.6 is 27.5 Å². The van der Waals surface area contributed by atoms with Gasteiger partial charge in [-0.15, -0.1) is 0 Å². The molecule has 0 unspecified atom stereocenters. The third-order valence-corrected chi connectivity index (χ3v) is 3.72. The second kappa shape index (κ2) is 6.90. The Labute approximate surface area is 132 Å². The molecule has 4 nitrogen and oxygen atoms in total. The van der Waals surface area contributed by atoms with Gasteiger partial charge in [0, 0.05) is 31.4 Å². The molecule has 0 radical (unpaired) electrons. The van der Waals surface area contributed by atoms with Gasteiger partial charge in [-0.2, -0.15) is 4.98 Å². The highest BCUT2D eigenvalue weighted by atomic mass is 79.9. The molecule has 0 saturated heterocycles. The van der Waals surface area contributed by atoms with Crippen molar-refractivity contribution in [2.75, 3.05) is 23.8 Å². The first-order valence-corrected chi connectivity index (χ1v) is 7.50. The van der Waals surface area contributed by atoms with Gasteiger partial charge in [-0.05, 0) is 34.5 Å². The second-order valence-corrected chi connectivity index (χ2v) is 5.60. The van der Waals surface area contributed by atoms with Crippen molar-refractivity contribution in [2.45, 2.75) is 13.5 Å². The third-order valence-electron chi connectivity index (χ3n) is 2.79. The van der Waals surface area contributed by atoms with Gasteiger partial charge < -0.3 is 10.2 Å². The van der Waals surface area contributed by atoms with Crippen molar-refractivity contribution in [3.05, 3.63) is 45.5 Å². The van der Waals surface area contributed by atoms with Crippen molar-refractivity contribution in [3.8, 4) is 0 Å². The Morgan fingerprint density at radius 3 is 2.80 bits per heavy atom. The van der Waals surface area contributed by atoms with Crippen LogP contribution in [0.1, 0.15) is 12.5 Å². The number of aromatic nitrogens is 2. The van der Waals surface area contributed by atoms with E-state index in [0.717, 1.165) is 27.4 Å². The average Bonchev–Trinajstić information content (AvgIpc) is 2.43. The lowest BCUT2D eigenvalue weighted by molar-refractivity contribution is 0.885. The summed E-state index contributed by atoms with van der Waals surface area (Å²) < 4.78 is 0.855. The molecule has 0 bridgehead atoms. The van der Waals surface area contributed by atoms with Crippen LogP contribution in [0, 0.1) is 0 Å². The molecule has 106 valence electrons. The maximum Gasteiger partial charge on any atom is 0.224 e. The van der Waals surface area contributed by atoms with Crippen molar-refractivity contribution < 1.29 is 0 Å². The zero-order valence-corrected chi connectivity index (χ0v) is 13.7. The third kappa shape index (κ3) is 3.61. The first kappa shape index (κ1) is 15.1. The quantitative estimate of drug-likeness (QED) is 0.881. The minimum absolute atomic E-state index is 0.622. The van der Waals surface area contributed by atoms with Gasteiger partial charge in [-0.25, -0.2) is 4.98 Å². The van der Waals surface area contributed by atoms with Crippen LogP contribution in [0.5, 0.6) is 0 Å². The fraction of sp³-hybridized carbons (Fsp3) is 0.286. The van der Waals surface area contributed by atoms with Crippen molar-refractivity contribution in [1.82, 2.24) is 9.97 Å². The monoisotopic (exact) mass is 354 g/mol. The fourth-order valence-corrected chi connectivity index (χ4v) is 2.52. The van der Waals surface area contributed by atoms with E-state index < -0.39 is 0 Å². The lowest BCUT2D eigenvalue weighted by Crippen LogP contribution is -2.19. The maximum absolute atomic E-state index is 6.19. The zero-order chi connectivity index (χ0) is 14.5. The van der Waals surface area contributed by atoms with Gasteiger partial charge in [0.1, 0.15) is 5.82 Å². The van der Waals surface area contributed by atoms with E-state index in [2.05, 4.69) is 31.2 Å². The number of rotatable bonds is 5. The molecule has 0 saturated carbocycles. The van der Waals surface area contributed by atoms with Crippen LogP contribution in [-0.4, -0.2) is 23.6 Å². The molecule has 2 rings (SSSR count). The number of benzene rings is 1. The molecule has 1 N–H and O–H groups in total. The molecule has 2 aromatic rings. The van der Waals surface area contributed by atoms with Crippen LogP contribution < -0.4 is 10.2 Å². The topological polar surface area (TPSA) is 41.1 Å². The molecule has 1 aromatic carbocycles. The summed E-state index contributed by atoms with van der Waals surface area (Å²) in [6.45, 7) is 3.48. The van der Waals surface area contributed by atoms with E-state index in [9.17, 15) is 0 Å². The van der Waals surface area contributed by atoms with Crippen LogP contribution in [0.3, 0.4) is 0 Å². The van der Waals surface area contributed by atoms with Crippen LogP contribution in [0.2, 0.25) is 5.02 Å². The van der Waals surface area contributed by atoms with E-state index in [-0.39, 0.29) is 0 Å². The summed E-state index contributed by atoms with van der Waals surface area (Å²) in [6, 6.07) is 7.81. The van der Waals surface area contributed by atoms with Gasteiger partial charge in [0.05, 0.1) is 4.47 Å². The van der Waals surface area contributed by atoms with Gasteiger partial charge in [0.2, 0.25) is 5.95 Å². The summed E-state index contributed by atoms with van der Waals surface area (Å²) in [5.41, 5.74) is 1.06. The maximum atomic E-state index is 6.19. The molecule has 0 spiro atoms. The molecule has 0 fully saturated rings. The Morgan fingerprint density at radius 1 is 1.35 bits per heavy atom. The summed E-state index contributed by atoms with van der Waals surface area (Å²) in [6.07, 6.45) is 1.75. The van der Waals surface area contributed by atoms with E-state index in [1.54, 1.807) is 6.20 Å². The summed E-state index contributed by atoms with van der Waals surface area (Å²) in [5.74, 6) is 1.45. The summed E-state index contributed by atoms with van der Waals surface area (Å²) in [4.78, 5) is 10.8. The van der Waals surface area contributed by atoms with Crippen LogP contribution in [0.4, 0.5) is 11.8 Å². The summed E-state index contributed by atoms with van der Waals surface area (Å²) in [5, 5.41) is 3.87.